The molecule has 1 unspecified atom stereocenters. The van der Waals surface area contributed by atoms with Crippen LogP contribution in [0.15, 0.2) is 0 Å². The van der Waals surface area contributed by atoms with E-state index in [1.54, 1.807) is 0 Å². The molecule has 0 aliphatic carbocycles. The molecule has 0 aromatic carbocycles. The van der Waals surface area contributed by atoms with Crippen molar-refractivity contribution in [3.05, 3.63) is 0 Å². The first-order chi connectivity index (χ1) is 9.96. The lowest BCUT2D eigenvalue weighted by Gasteiger charge is -2.26. The summed E-state index contributed by atoms with van der Waals surface area (Å²) < 4.78 is 0. The molecule has 0 rings (SSSR count). The van der Waals surface area contributed by atoms with Crippen LogP contribution in [0.1, 0.15) is 32.1 Å². The number of ketones is 1. The summed E-state index contributed by atoms with van der Waals surface area (Å²) in [4.78, 5) is 44.0. The van der Waals surface area contributed by atoms with Gasteiger partial charge in [0.15, 0.2) is 0 Å². The number of hydrogen-bond donors (Lipinski definition) is 6. The molecule has 0 amide bonds. The van der Waals surface area contributed by atoms with Gasteiger partial charge in [0.05, 0.1) is 5.66 Å². The van der Waals surface area contributed by atoms with Gasteiger partial charge < -0.3 is 32.5 Å². The number of carboxylic acids is 3. The van der Waals surface area contributed by atoms with E-state index >= 15 is 0 Å². The number of rotatable bonds is 11. The van der Waals surface area contributed by atoms with Crippen molar-refractivity contribution in [3.8, 4) is 0 Å². The predicted octanol–water partition coefficient (Wildman–Crippen LogP) is -1.68. The Morgan fingerprint density at radius 2 is 1.50 bits per heavy atom. The van der Waals surface area contributed by atoms with E-state index in [-0.39, 0.29) is 25.7 Å². The largest absolute Gasteiger partial charge is 0.481 e. The van der Waals surface area contributed by atoms with Crippen molar-refractivity contribution in [2.45, 2.75) is 43.8 Å². The Hall–Kier alpha value is -2.04. The number of Topliss-reactive ketones (excluding diaryl/α,β-unsaturated/α-hetero) is 1. The summed E-state index contributed by atoms with van der Waals surface area (Å²) in [7, 11) is 0. The molecule has 0 aliphatic rings. The molecular formula is C12H21N3O7. The predicted molar refractivity (Wildman–Crippen MR) is 73.6 cm³/mol. The zero-order valence-electron chi connectivity index (χ0n) is 11.9. The van der Waals surface area contributed by atoms with E-state index in [2.05, 4.69) is 0 Å². The lowest BCUT2D eigenvalue weighted by atomic mass is 9.87. The molecule has 10 heteroatoms. The van der Waals surface area contributed by atoms with Gasteiger partial charge in [-0.05, 0) is 19.3 Å². The highest BCUT2D eigenvalue weighted by Gasteiger charge is 2.34. The summed E-state index contributed by atoms with van der Waals surface area (Å²) in [5.74, 6) is -6.19. The van der Waals surface area contributed by atoms with E-state index in [0.717, 1.165) is 0 Å². The van der Waals surface area contributed by atoms with Crippen LogP contribution in [-0.4, -0.2) is 50.7 Å². The van der Waals surface area contributed by atoms with Crippen molar-refractivity contribution in [2.75, 3.05) is 0 Å². The molecule has 0 heterocycles. The van der Waals surface area contributed by atoms with Crippen molar-refractivity contribution < 1.29 is 34.5 Å². The highest BCUT2D eigenvalue weighted by molar-refractivity contribution is 5.98. The zero-order valence-corrected chi connectivity index (χ0v) is 11.9. The van der Waals surface area contributed by atoms with Gasteiger partial charge in [-0.1, -0.05) is 0 Å². The van der Waals surface area contributed by atoms with E-state index in [1.165, 1.54) is 0 Å². The molecule has 0 spiro atoms. The van der Waals surface area contributed by atoms with Gasteiger partial charge in [0.2, 0.25) is 0 Å². The fourth-order valence-corrected chi connectivity index (χ4v) is 1.76. The van der Waals surface area contributed by atoms with Crippen LogP contribution in [0.5, 0.6) is 0 Å². The highest BCUT2D eigenvalue weighted by Crippen LogP contribution is 2.19. The Labute approximate surface area is 126 Å². The molecule has 0 saturated heterocycles. The quantitative estimate of drug-likeness (QED) is 0.188. The Balaban J connectivity index is 4.71. The van der Waals surface area contributed by atoms with Crippen LogP contribution in [-0.2, 0) is 19.2 Å². The van der Waals surface area contributed by atoms with E-state index in [0.29, 0.717) is 0 Å². The van der Waals surface area contributed by atoms with Gasteiger partial charge in [0.25, 0.3) is 0 Å². The van der Waals surface area contributed by atoms with Crippen LogP contribution in [0, 0.1) is 5.92 Å². The second kappa shape index (κ2) is 8.41. The molecule has 0 bridgehead atoms. The Kier molecular flexibility index (Phi) is 7.63. The average molecular weight is 319 g/mol. The van der Waals surface area contributed by atoms with Crippen LogP contribution >= 0.6 is 0 Å². The Morgan fingerprint density at radius 1 is 0.955 bits per heavy atom. The number of aliphatic carboxylic acids is 3. The fourth-order valence-electron chi connectivity index (χ4n) is 1.76. The van der Waals surface area contributed by atoms with Crippen molar-refractivity contribution in [2.24, 2.45) is 23.1 Å². The molecule has 9 N–H and O–H groups in total. The first kappa shape index (κ1) is 20.0. The third-order valence-corrected chi connectivity index (χ3v) is 3.09. The number of carbonyl (C=O) groups excluding carboxylic acids is 1. The van der Waals surface area contributed by atoms with Gasteiger partial charge in [0.1, 0.15) is 17.7 Å². The number of hydrogen-bond acceptors (Lipinski definition) is 7. The van der Waals surface area contributed by atoms with Crippen LogP contribution < -0.4 is 17.2 Å². The summed E-state index contributed by atoms with van der Waals surface area (Å²) in [6.07, 6.45) is -1.57. The maximum absolute atomic E-state index is 11.9. The second-order valence-corrected chi connectivity index (χ2v) is 5.17. The Bertz CT molecular complexity index is 450. The molecule has 126 valence electrons. The number of carbonyl (C=O) groups is 4. The molecule has 22 heavy (non-hydrogen) atoms. The van der Waals surface area contributed by atoms with Gasteiger partial charge in [-0.15, -0.1) is 0 Å². The normalized spacial score (nSPS) is 14.1. The van der Waals surface area contributed by atoms with E-state index in [4.69, 9.17) is 32.5 Å². The van der Waals surface area contributed by atoms with Gasteiger partial charge in [-0.2, -0.15) is 0 Å². The third kappa shape index (κ3) is 7.67. The first-order valence-corrected chi connectivity index (χ1v) is 6.49. The molecule has 0 aliphatic heterocycles. The summed E-state index contributed by atoms with van der Waals surface area (Å²) in [6, 6.07) is -1.27. The SMILES string of the molecule is N[C@H](CCC(=O)C(CC(N)(N)CCC(=O)O)C(=O)O)C(=O)O. The van der Waals surface area contributed by atoms with Crippen LogP contribution in [0.4, 0.5) is 0 Å². The van der Waals surface area contributed by atoms with Crippen molar-refractivity contribution in [1.82, 2.24) is 0 Å². The summed E-state index contributed by atoms with van der Waals surface area (Å²) in [6.45, 7) is 0. The maximum Gasteiger partial charge on any atom is 0.320 e. The second-order valence-electron chi connectivity index (χ2n) is 5.17. The molecule has 0 saturated carbocycles. The minimum absolute atomic E-state index is 0.200. The molecule has 0 radical (unpaired) electrons. The molecule has 0 aromatic heterocycles. The van der Waals surface area contributed by atoms with E-state index in [1.807, 2.05) is 0 Å². The number of nitrogens with two attached hydrogens (primary N) is 3. The minimum atomic E-state index is -1.63. The van der Waals surface area contributed by atoms with Crippen molar-refractivity contribution in [1.29, 1.82) is 0 Å². The first-order valence-electron chi connectivity index (χ1n) is 6.49. The van der Waals surface area contributed by atoms with Gasteiger partial charge in [-0.3, -0.25) is 19.2 Å². The van der Waals surface area contributed by atoms with Crippen LogP contribution in [0.2, 0.25) is 0 Å². The van der Waals surface area contributed by atoms with Gasteiger partial charge in [-0.25, -0.2) is 0 Å². The van der Waals surface area contributed by atoms with Crippen molar-refractivity contribution >= 4 is 23.7 Å². The summed E-state index contributed by atoms with van der Waals surface area (Å²) >= 11 is 0. The molecule has 0 aromatic rings. The smallest absolute Gasteiger partial charge is 0.320 e. The standard InChI is InChI=1S/C12H21N3O7/c13-7(11(21)22)1-2-8(16)6(10(19)20)5-12(14,15)4-3-9(17)18/h6-7H,1-5,13-15H2,(H,17,18)(H,19,20)(H,21,22)/t6?,7-/m1/s1. The average Bonchev–Trinajstić information content (AvgIpc) is 2.39. The van der Waals surface area contributed by atoms with Crippen LogP contribution in [0.3, 0.4) is 0 Å². The lowest BCUT2D eigenvalue weighted by molar-refractivity contribution is -0.147. The van der Waals surface area contributed by atoms with Crippen molar-refractivity contribution in [3.63, 3.8) is 0 Å². The molecule has 0 fully saturated rings. The Morgan fingerprint density at radius 3 is 1.91 bits per heavy atom. The molecular weight excluding hydrogens is 298 g/mol. The van der Waals surface area contributed by atoms with Crippen LogP contribution in [0.25, 0.3) is 0 Å². The molecule has 2 atom stereocenters. The monoisotopic (exact) mass is 319 g/mol. The summed E-state index contributed by atoms with van der Waals surface area (Å²) in [5, 5.41) is 26.2. The zero-order chi connectivity index (χ0) is 17.5. The highest BCUT2D eigenvalue weighted by atomic mass is 16.4. The van der Waals surface area contributed by atoms with Gasteiger partial charge in [0, 0.05) is 12.8 Å². The fraction of sp³-hybridized carbons (Fsp3) is 0.667. The topological polar surface area (TPSA) is 207 Å². The van der Waals surface area contributed by atoms with Gasteiger partial charge >= 0.3 is 17.9 Å². The van der Waals surface area contributed by atoms with E-state index in [9.17, 15) is 19.2 Å². The lowest BCUT2D eigenvalue weighted by Crippen LogP contribution is -2.52. The van der Waals surface area contributed by atoms with E-state index < -0.39 is 47.7 Å². The maximum atomic E-state index is 11.9. The molecule has 10 nitrogen and oxygen atoms in total. The summed E-state index contributed by atoms with van der Waals surface area (Å²) in [5.41, 5.74) is 14.9. The third-order valence-electron chi connectivity index (χ3n) is 3.09. The number of carboxylic acid groups (broad SMARTS) is 3. The minimum Gasteiger partial charge on any atom is -0.481 e.